The largest absolute Gasteiger partial charge is 0.471 e. The maximum atomic E-state index is 12.1. The zero-order valence-electron chi connectivity index (χ0n) is 11.4. The van der Waals surface area contributed by atoms with E-state index in [1.807, 2.05) is 0 Å². The van der Waals surface area contributed by atoms with Gasteiger partial charge in [-0.2, -0.15) is 26.3 Å². The zero-order chi connectivity index (χ0) is 17.1. The number of H-pyrrole nitrogens is 1. The molecule has 2 aromatic rings. The highest BCUT2D eigenvalue weighted by Gasteiger charge is 2.38. The Morgan fingerprint density at radius 3 is 2.22 bits per heavy atom. The molecule has 0 atom stereocenters. The summed E-state index contributed by atoms with van der Waals surface area (Å²) in [7, 11) is -3.90. The van der Waals surface area contributed by atoms with Crippen molar-refractivity contribution in [1.29, 1.82) is 0 Å². The molecule has 1 aromatic heterocycles. The molecule has 0 unspecified atom stereocenters. The molecular weight excluding hydrogens is 335 g/mol. The summed E-state index contributed by atoms with van der Waals surface area (Å²) in [4.78, 5) is 13.3. The number of anilines is 2. The van der Waals surface area contributed by atoms with E-state index in [0.717, 1.165) is 24.3 Å². The van der Waals surface area contributed by atoms with Crippen LogP contribution in [-0.4, -0.2) is 20.5 Å². The van der Waals surface area contributed by atoms with Crippen molar-refractivity contribution in [3.8, 4) is 0 Å². The molecule has 23 heavy (non-hydrogen) atoms. The van der Waals surface area contributed by atoms with Gasteiger partial charge < -0.3 is 5.32 Å². The summed E-state index contributed by atoms with van der Waals surface area (Å²) in [5.41, 5.74) is -0.169. The molecule has 0 aliphatic heterocycles. The van der Waals surface area contributed by atoms with Crippen LogP contribution >= 0.6 is 0 Å². The van der Waals surface area contributed by atoms with E-state index in [2.05, 4.69) is 9.71 Å². The lowest BCUT2D eigenvalue weighted by atomic mass is 10.3. The molecule has 10 heteroatoms. The number of hydrogen-bond acceptors (Lipinski definition) is 3. The quantitative estimate of drug-likeness (QED) is 0.885. The Hall–Kier alpha value is -2.62. The number of rotatable bonds is 4. The third-order valence-corrected chi connectivity index (χ3v) is 4.01. The second-order valence-electron chi connectivity index (χ2n) is 4.36. The van der Waals surface area contributed by atoms with Gasteiger partial charge in [0, 0.05) is 11.8 Å². The van der Waals surface area contributed by atoms with E-state index < -0.39 is 22.1 Å². The Labute approximate surface area is 129 Å². The first-order valence-corrected chi connectivity index (χ1v) is 7.64. The number of hydrogen-bond donors (Lipinski definition) is 2. The number of aromatic amines is 1. The number of amides is 1. The lowest BCUT2D eigenvalue weighted by Crippen LogP contribution is -2.29. The molecule has 0 aliphatic carbocycles. The van der Waals surface area contributed by atoms with Gasteiger partial charge in [0.1, 0.15) is 4.90 Å². The van der Waals surface area contributed by atoms with Gasteiger partial charge >= 0.3 is 22.1 Å². The predicted octanol–water partition coefficient (Wildman–Crippen LogP) is 1.80. The number of carbonyl (C=O) groups is 1. The summed E-state index contributed by atoms with van der Waals surface area (Å²) in [5, 5.41) is 1.62. The summed E-state index contributed by atoms with van der Waals surface area (Å²) >= 11 is 0. The van der Waals surface area contributed by atoms with Gasteiger partial charge in [-0.05, 0) is 30.3 Å². The fraction of sp³-hybridized carbons (Fsp3) is 0.0769. The fourth-order valence-electron chi connectivity index (χ4n) is 1.58. The smallest absolute Gasteiger partial charge is 0.318 e. The van der Waals surface area contributed by atoms with Crippen molar-refractivity contribution in [2.75, 3.05) is 10.0 Å². The van der Waals surface area contributed by atoms with Gasteiger partial charge in [-0.15, -0.1) is 0 Å². The number of pyridine rings is 1. The van der Waals surface area contributed by atoms with Crippen LogP contribution in [-0.2, 0) is 14.8 Å². The molecule has 6 nitrogen and oxygen atoms in total. The number of carbonyl (C=O) groups excluding carboxylic acids is 1. The van der Waals surface area contributed by atoms with Crippen LogP contribution in [0.2, 0.25) is 0 Å². The van der Waals surface area contributed by atoms with E-state index in [1.165, 1.54) is 12.3 Å². The van der Waals surface area contributed by atoms with Gasteiger partial charge in [-0.3, -0.25) is 4.79 Å². The minimum atomic E-state index is -5.02. The summed E-state index contributed by atoms with van der Waals surface area (Å²) in [6.07, 6.45) is -3.50. The summed E-state index contributed by atoms with van der Waals surface area (Å²) in [5.74, 6) is -1.91. The number of aromatic nitrogens is 1. The predicted molar refractivity (Wildman–Crippen MR) is 74.9 cm³/mol. The topological polar surface area (TPSA) is 89.4 Å². The van der Waals surface area contributed by atoms with Crippen LogP contribution in [0.1, 0.15) is 0 Å². The number of benzene rings is 1. The summed E-state index contributed by atoms with van der Waals surface area (Å²) in [6, 6.07) is 9.06. The maximum absolute atomic E-state index is 12.1. The lowest BCUT2D eigenvalue weighted by Gasteiger charge is -2.08. The van der Waals surface area contributed by atoms with E-state index in [0.29, 0.717) is 0 Å². The number of alkyl halides is 3. The van der Waals surface area contributed by atoms with E-state index >= 15 is 0 Å². The van der Waals surface area contributed by atoms with Gasteiger partial charge in [0.2, 0.25) is 0 Å². The van der Waals surface area contributed by atoms with E-state index in [9.17, 15) is 26.4 Å². The Morgan fingerprint density at radius 1 is 1.04 bits per heavy atom. The van der Waals surface area contributed by atoms with Crippen molar-refractivity contribution in [3.63, 3.8) is 0 Å². The van der Waals surface area contributed by atoms with Crippen molar-refractivity contribution in [1.82, 2.24) is 0 Å². The molecule has 0 fully saturated rings. The third kappa shape index (κ3) is 4.42. The fourth-order valence-corrected chi connectivity index (χ4v) is 2.61. The van der Waals surface area contributed by atoms with Crippen molar-refractivity contribution in [2.45, 2.75) is 11.1 Å². The van der Waals surface area contributed by atoms with Gasteiger partial charge in [-0.1, -0.05) is 6.07 Å². The summed E-state index contributed by atoms with van der Waals surface area (Å²) < 4.78 is 62.8. The third-order valence-electron chi connectivity index (χ3n) is 2.63. The SMILES string of the molecule is O=C(Nc1ccc(S(=O)(=O)Nc2cccc[nH+]2)cc1)C(F)(F)F. The van der Waals surface area contributed by atoms with Crippen molar-refractivity contribution < 1.29 is 31.4 Å². The molecule has 1 amide bonds. The maximum Gasteiger partial charge on any atom is 0.471 e. The van der Waals surface area contributed by atoms with Crippen LogP contribution in [0.4, 0.5) is 24.7 Å². The van der Waals surface area contributed by atoms with Gasteiger partial charge in [0.05, 0.1) is 6.20 Å². The average molecular weight is 346 g/mol. The number of sulfonamides is 1. The molecule has 0 bridgehead atoms. The number of halogens is 3. The van der Waals surface area contributed by atoms with Crippen LogP contribution in [0.25, 0.3) is 0 Å². The molecule has 2 rings (SSSR count). The van der Waals surface area contributed by atoms with Gasteiger partial charge in [-0.25, -0.2) is 4.98 Å². The normalized spacial score (nSPS) is 11.8. The molecule has 122 valence electrons. The van der Waals surface area contributed by atoms with Crippen molar-refractivity contribution in [3.05, 3.63) is 48.7 Å². The highest BCUT2D eigenvalue weighted by Crippen LogP contribution is 2.20. The second kappa shape index (κ2) is 6.24. The van der Waals surface area contributed by atoms with Crippen LogP contribution in [0.3, 0.4) is 0 Å². The molecular formula is C13H11F3N3O3S+. The Balaban J connectivity index is 2.14. The first-order chi connectivity index (χ1) is 10.7. The molecule has 1 aromatic carbocycles. The highest BCUT2D eigenvalue weighted by atomic mass is 32.2. The van der Waals surface area contributed by atoms with E-state index in [4.69, 9.17) is 0 Å². The monoisotopic (exact) mass is 346 g/mol. The Kier molecular flexibility index (Phi) is 4.55. The second-order valence-corrected chi connectivity index (χ2v) is 6.04. The molecule has 0 radical (unpaired) electrons. The van der Waals surface area contributed by atoms with Crippen LogP contribution in [0.5, 0.6) is 0 Å². The molecule has 0 saturated heterocycles. The molecule has 0 spiro atoms. The summed E-state index contributed by atoms with van der Waals surface area (Å²) in [6.45, 7) is 0. The minimum Gasteiger partial charge on any atom is -0.318 e. The van der Waals surface area contributed by atoms with Crippen molar-refractivity contribution in [2.24, 2.45) is 0 Å². The van der Waals surface area contributed by atoms with Crippen LogP contribution in [0, 0.1) is 0 Å². The van der Waals surface area contributed by atoms with Gasteiger partial charge in [0.15, 0.2) is 0 Å². The van der Waals surface area contributed by atoms with Crippen molar-refractivity contribution >= 4 is 27.4 Å². The first-order valence-electron chi connectivity index (χ1n) is 6.16. The van der Waals surface area contributed by atoms with E-state index in [-0.39, 0.29) is 16.4 Å². The average Bonchev–Trinajstić information content (AvgIpc) is 2.47. The standard InChI is InChI=1S/C13H10F3N3O3S/c14-13(15,16)12(20)18-9-4-6-10(7-5-9)23(21,22)19-11-3-1-2-8-17-11/h1-8H,(H,17,19)(H,18,20)/p+1. The molecule has 3 N–H and O–H groups in total. The lowest BCUT2D eigenvalue weighted by molar-refractivity contribution is -0.360. The zero-order valence-corrected chi connectivity index (χ0v) is 12.2. The van der Waals surface area contributed by atoms with E-state index in [1.54, 1.807) is 17.4 Å². The molecule has 0 aliphatic rings. The highest BCUT2D eigenvalue weighted by molar-refractivity contribution is 7.92. The van der Waals surface area contributed by atoms with Crippen LogP contribution in [0.15, 0.2) is 53.6 Å². The first kappa shape index (κ1) is 16.7. The Morgan fingerprint density at radius 2 is 1.70 bits per heavy atom. The Bertz CT molecular complexity index is 791. The van der Waals surface area contributed by atoms with Gasteiger partial charge in [0.25, 0.3) is 5.82 Å². The number of nitrogens with one attached hydrogen (secondary N) is 3. The van der Waals surface area contributed by atoms with Crippen LogP contribution < -0.4 is 15.0 Å². The molecule has 1 heterocycles. The minimum absolute atomic E-state index is 0.167. The molecule has 0 saturated carbocycles.